The second-order valence-electron chi connectivity index (χ2n) is 4.00. The fraction of sp³-hybridized carbons (Fsp3) is 0.417. The van der Waals surface area contributed by atoms with Crippen molar-refractivity contribution in [2.24, 2.45) is 0 Å². The number of pyridine rings is 1. The molecular formula is C12H16N2. The molecule has 74 valence electrons. The van der Waals surface area contributed by atoms with Crippen LogP contribution in [-0.2, 0) is 6.42 Å². The first kappa shape index (κ1) is 9.25. The largest absolute Gasteiger partial charge is 0.357 e. The van der Waals surface area contributed by atoms with Crippen molar-refractivity contribution in [3.05, 3.63) is 29.6 Å². The number of aromatic nitrogens is 2. The van der Waals surface area contributed by atoms with Gasteiger partial charge >= 0.3 is 0 Å². The van der Waals surface area contributed by atoms with E-state index in [1.807, 2.05) is 6.20 Å². The maximum absolute atomic E-state index is 4.44. The van der Waals surface area contributed by atoms with E-state index in [1.54, 1.807) is 0 Å². The molecule has 0 aromatic carbocycles. The molecule has 0 unspecified atom stereocenters. The topological polar surface area (TPSA) is 28.7 Å². The number of nitrogens with zero attached hydrogens (tertiary/aromatic N) is 1. The van der Waals surface area contributed by atoms with Crippen molar-refractivity contribution in [1.82, 2.24) is 9.97 Å². The average Bonchev–Trinajstić information content (AvgIpc) is 2.58. The van der Waals surface area contributed by atoms with Gasteiger partial charge in [-0.25, -0.2) is 0 Å². The van der Waals surface area contributed by atoms with Crippen LogP contribution in [0.5, 0.6) is 0 Å². The van der Waals surface area contributed by atoms with Crippen LogP contribution in [0.2, 0.25) is 0 Å². The van der Waals surface area contributed by atoms with Gasteiger partial charge < -0.3 is 4.98 Å². The Labute approximate surface area is 84.4 Å². The van der Waals surface area contributed by atoms with Crippen molar-refractivity contribution in [3.8, 4) is 0 Å². The van der Waals surface area contributed by atoms with Crippen LogP contribution >= 0.6 is 0 Å². The summed E-state index contributed by atoms with van der Waals surface area (Å²) >= 11 is 0. The summed E-state index contributed by atoms with van der Waals surface area (Å²) in [6, 6.07) is 4.32. The molecule has 14 heavy (non-hydrogen) atoms. The van der Waals surface area contributed by atoms with Crippen LogP contribution in [-0.4, -0.2) is 9.97 Å². The maximum Gasteiger partial charge on any atom is 0.0881 e. The number of hydrogen-bond donors (Lipinski definition) is 1. The molecule has 0 fully saturated rings. The first-order valence-electron chi connectivity index (χ1n) is 5.18. The molecule has 0 amide bonds. The Kier molecular flexibility index (Phi) is 2.28. The van der Waals surface area contributed by atoms with Crippen molar-refractivity contribution < 1.29 is 0 Å². The molecule has 0 bridgehead atoms. The number of aryl methyl sites for hydroxylation is 1. The minimum Gasteiger partial charge on any atom is -0.357 e. The minimum atomic E-state index is 0.542. The number of fused-ring (bicyclic) bond motifs is 1. The lowest BCUT2D eigenvalue weighted by atomic mass is 10.1. The van der Waals surface area contributed by atoms with Gasteiger partial charge in [0.25, 0.3) is 0 Å². The zero-order valence-electron chi connectivity index (χ0n) is 8.96. The highest BCUT2D eigenvalue weighted by Crippen LogP contribution is 2.19. The van der Waals surface area contributed by atoms with Crippen LogP contribution in [0.4, 0.5) is 0 Å². The molecule has 0 spiro atoms. The molecule has 2 heterocycles. The Hall–Kier alpha value is -1.31. The fourth-order valence-electron chi connectivity index (χ4n) is 1.59. The van der Waals surface area contributed by atoms with Crippen LogP contribution in [0.1, 0.15) is 37.9 Å². The summed E-state index contributed by atoms with van der Waals surface area (Å²) in [7, 11) is 0. The van der Waals surface area contributed by atoms with E-state index in [4.69, 9.17) is 0 Å². The van der Waals surface area contributed by atoms with Gasteiger partial charge in [-0.1, -0.05) is 20.8 Å². The number of nitrogens with one attached hydrogen (secondary N) is 1. The monoisotopic (exact) mass is 188 g/mol. The highest BCUT2D eigenvalue weighted by molar-refractivity contribution is 5.76. The summed E-state index contributed by atoms with van der Waals surface area (Å²) in [4.78, 5) is 7.82. The predicted octanol–water partition coefficient (Wildman–Crippen LogP) is 3.25. The molecule has 0 saturated heterocycles. The summed E-state index contributed by atoms with van der Waals surface area (Å²) in [6.45, 7) is 6.52. The lowest BCUT2D eigenvalue weighted by Gasteiger charge is -2.03. The Bertz CT molecular complexity index is 441. The first-order valence-corrected chi connectivity index (χ1v) is 5.18. The Morgan fingerprint density at radius 2 is 2.14 bits per heavy atom. The van der Waals surface area contributed by atoms with E-state index in [0.717, 1.165) is 17.5 Å². The molecule has 2 aromatic heterocycles. The van der Waals surface area contributed by atoms with Gasteiger partial charge in [-0.15, -0.1) is 0 Å². The Balaban J connectivity index is 2.54. The molecule has 0 saturated carbocycles. The summed E-state index contributed by atoms with van der Waals surface area (Å²) in [5, 5.41) is 0. The van der Waals surface area contributed by atoms with Crippen molar-refractivity contribution in [1.29, 1.82) is 0 Å². The zero-order valence-corrected chi connectivity index (χ0v) is 8.96. The van der Waals surface area contributed by atoms with Gasteiger partial charge in [0.2, 0.25) is 0 Å². The summed E-state index contributed by atoms with van der Waals surface area (Å²) in [5.74, 6) is 0.542. The summed E-state index contributed by atoms with van der Waals surface area (Å²) in [5.41, 5.74) is 4.79. The van der Waals surface area contributed by atoms with Crippen LogP contribution < -0.4 is 0 Å². The molecule has 0 aliphatic carbocycles. The van der Waals surface area contributed by atoms with Gasteiger partial charge in [0.05, 0.1) is 11.0 Å². The van der Waals surface area contributed by atoms with Crippen molar-refractivity contribution >= 4 is 11.0 Å². The van der Waals surface area contributed by atoms with Crippen LogP contribution in [0.3, 0.4) is 0 Å². The molecule has 1 N–H and O–H groups in total. The first-order chi connectivity index (χ1) is 6.70. The number of rotatable bonds is 2. The number of aromatic amines is 1. The van der Waals surface area contributed by atoms with Crippen LogP contribution in [0, 0.1) is 0 Å². The standard InChI is InChI=1S/C12H16N2/c1-4-10-6-11-12(14-10)5-9(7-13-11)8(2)3/h5-8,14H,4H2,1-3H3. The highest BCUT2D eigenvalue weighted by Gasteiger charge is 2.04. The Morgan fingerprint density at radius 3 is 2.79 bits per heavy atom. The van der Waals surface area contributed by atoms with E-state index in [1.165, 1.54) is 11.3 Å². The van der Waals surface area contributed by atoms with E-state index < -0.39 is 0 Å². The van der Waals surface area contributed by atoms with Gasteiger partial charge in [0.15, 0.2) is 0 Å². The van der Waals surface area contributed by atoms with Gasteiger partial charge in [-0.05, 0) is 30.0 Å². The predicted molar refractivity (Wildman–Crippen MR) is 59.6 cm³/mol. The third-order valence-corrected chi connectivity index (χ3v) is 2.59. The average molecular weight is 188 g/mol. The smallest absolute Gasteiger partial charge is 0.0881 e. The van der Waals surface area contributed by atoms with Crippen molar-refractivity contribution in [2.45, 2.75) is 33.1 Å². The number of H-pyrrole nitrogens is 1. The zero-order chi connectivity index (χ0) is 10.1. The van der Waals surface area contributed by atoms with E-state index in [2.05, 4.69) is 42.9 Å². The molecule has 2 aromatic rings. The van der Waals surface area contributed by atoms with Crippen molar-refractivity contribution in [2.75, 3.05) is 0 Å². The van der Waals surface area contributed by atoms with Crippen molar-refractivity contribution in [3.63, 3.8) is 0 Å². The normalized spacial score (nSPS) is 11.4. The van der Waals surface area contributed by atoms with E-state index >= 15 is 0 Å². The molecule has 2 rings (SSSR count). The third-order valence-electron chi connectivity index (χ3n) is 2.59. The molecule has 0 aliphatic rings. The molecule has 0 aliphatic heterocycles. The van der Waals surface area contributed by atoms with Gasteiger partial charge in [0, 0.05) is 11.9 Å². The fourth-order valence-corrected chi connectivity index (χ4v) is 1.59. The van der Waals surface area contributed by atoms with Crippen LogP contribution in [0.25, 0.3) is 11.0 Å². The second kappa shape index (κ2) is 3.45. The SMILES string of the molecule is CCc1cc2ncc(C(C)C)cc2[nH]1. The van der Waals surface area contributed by atoms with E-state index in [-0.39, 0.29) is 0 Å². The third kappa shape index (κ3) is 1.52. The lowest BCUT2D eigenvalue weighted by Crippen LogP contribution is -1.88. The van der Waals surface area contributed by atoms with Gasteiger partial charge in [0.1, 0.15) is 0 Å². The second-order valence-corrected chi connectivity index (χ2v) is 4.00. The van der Waals surface area contributed by atoms with E-state index in [0.29, 0.717) is 5.92 Å². The Morgan fingerprint density at radius 1 is 1.36 bits per heavy atom. The number of hydrogen-bond acceptors (Lipinski definition) is 1. The molecule has 2 nitrogen and oxygen atoms in total. The summed E-state index contributed by atoms with van der Waals surface area (Å²) in [6.07, 6.45) is 3.01. The quantitative estimate of drug-likeness (QED) is 0.770. The molecular weight excluding hydrogens is 172 g/mol. The van der Waals surface area contributed by atoms with Gasteiger partial charge in [-0.2, -0.15) is 0 Å². The van der Waals surface area contributed by atoms with E-state index in [9.17, 15) is 0 Å². The molecule has 0 radical (unpaired) electrons. The molecule has 0 atom stereocenters. The lowest BCUT2D eigenvalue weighted by molar-refractivity contribution is 0.861. The maximum atomic E-state index is 4.44. The van der Waals surface area contributed by atoms with Gasteiger partial charge in [-0.3, -0.25) is 4.98 Å². The summed E-state index contributed by atoms with van der Waals surface area (Å²) < 4.78 is 0. The minimum absolute atomic E-state index is 0.542. The van der Waals surface area contributed by atoms with Crippen LogP contribution in [0.15, 0.2) is 18.3 Å². The molecule has 2 heteroatoms. The highest BCUT2D eigenvalue weighted by atomic mass is 14.8.